The summed E-state index contributed by atoms with van der Waals surface area (Å²) in [5.74, 6) is 1.65. The summed E-state index contributed by atoms with van der Waals surface area (Å²) < 4.78 is 5.16. The second-order valence-corrected chi connectivity index (χ2v) is 4.83. The first-order chi connectivity index (χ1) is 8.19. The van der Waals surface area contributed by atoms with Crippen LogP contribution in [0, 0.1) is 5.92 Å². The molecule has 0 amide bonds. The lowest BCUT2D eigenvalue weighted by Crippen LogP contribution is -2.35. The van der Waals surface area contributed by atoms with Crippen LogP contribution in [0.15, 0.2) is 4.52 Å². The predicted octanol–water partition coefficient (Wildman–Crippen LogP) is 1.40. The molecule has 2 heterocycles. The van der Waals surface area contributed by atoms with Crippen molar-refractivity contribution in [3.05, 3.63) is 11.7 Å². The molecule has 0 spiro atoms. The van der Waals surface area contributed by atoms with Gasteiger partial charge in [-0.25, -0.2) is 0 Å². The van der Waals surface area contributed by atoms with Gasteiger partial charge < -0.3 is 14.5 Å². The molecule has 0 radical (unpaired) electrons. The minimum atomic E-state index is -0.647. The van der Waals surface area contributed by atoms with Gasteiger partial charge >= 0.3 is 0 Å². The van der Waals surface area contributed by atoms with Gasteiger partial charge in [0.05, 0.1) is 0 Å². The third kappa shape index (κ3) is 3.26. The molecule has 2 rings (SSSR count). The highest BCUT2D eigenvalue weighted by Gasteiger charge is 2.21. The van der Waals surface area contributed by atoms with Crippen LogP contribution in [0.5, 0.6) is 0 Å². The first-order valence-corrected chi connectivity index (χ1v) is 6.42. The van der Waals surface area contributed by atoms with Crippen LogP contribution in [0.2, 0.25) is 0 Å². The summed E-state index contributed by atoms with van der Waals surface area (Å²) in [4.78, 5) is 6.67. The summed E-state index contributed by atoms with van der Waals surface area (Å²) >= 11 is 0. The van der Waals surface area contributed by atoms with Crippen LogP contribution in [-0.2, 0) is 6.42 Å². The van der Waals surface area contributed by atoms with Crippen molar-refractivity contribution in [1.82, 2.24) is 15.0 Å². The van der Waals surface area contributed by atoms with Crippen molar-refractivity contribution in [2.75, 3.05) is 19.6 Å². The quantitative estimate of drug-likeness (QED) is 0.860. The number of likely N-dealkylation sites (tertiary alicyclic amines) is 1. The van der Waals surface area contributed by atoms with Gasteiger partial charge in [-0.15, -0.1) is 0 Å². The van der Waals surface area contributed by atoms with E-state index >= 15 is 0 Å². The van der Waals surface area contributed by atoms with E-state index in [4.69, 9.17) is 4.52 Å². The number of aliphatic hydroxyl groups excluding tert-OH is 1. The molecule has 5 nitrogen and oxygen atoms in total. The van der Waals surface area contributed by atoms with Crippen molar-refractivity contribution in [1.29, 1.82) is 0 Å². The van der Waals surface area contributed by atoms with Crippen LogP contribution in [0.25, 0.3) is 0 Å². The van der Waals surface area contributed by atoms with Gasteiger partial charge in [0.1, 0.15) is 6.10 Å². The number of aliphatic hydroxyl groups is 1. The van der Waals surface area contributed by atoms with Crippen LogP contribution < -0.4 is 0 Å². The van der Waals surface area contributed by atoms with Gasteiger partial charge in [-0.2, -0.15) is 4.98 Å². The lowest BCUT2D eigenvalue weighted by atomic mass is 9.95. The molecule has 1 aromatic heterocycles. The van der Waals surface area contributed by atoms with E-state index in [1.54, 1.807) is 6.92 Å². The molecule has 1 aromatic rings. The maximum Gasteiger partial charge on any atom is 0.227 e. The molecule has 1 fully saturated rings. The van der Waals surface area contributed by atoms with Crippen molar-refractivity contribution in [2.24, 2.45) is 5.92 Å². The van der Waals surface area contributed by atoms with Gasteiger partial charge in [-0.1, -0.05) is 12.1 Å². The summed E-state index contributed by atoms with van der Waals surface area (Å²) in [6.45, 7) is 7.27. The molecular formula is C12H21N3O2. The van der Waals surface area contributed by atoms with Crippen molar-refractivity contribution < 1.29 is 9.63 Å². The molecule has 0 saturated carbocycles. The van der Waals surface area contributed by atoms with Crippen molar-refractivity contribution >= 4 is 0 Å². The average Bonchev–Trinajstić information content (AvgIpc) is 2.78. The Morgan fingerprint density at radius 2 is 2.41 bits per heavy atom. The van der Waals surface area contributed by atoms with Gasteiger partial charge in [0.2, 0.25) is 5.89 Å². The van der Waals surface area contributed by atoms with Crippen LogP contribution in [0.1, 0.15) is 44.5 Å². The molecule has 17 heavy (non-hydrogen) atoms. The number of piperidine rings is 1. The fourth-order valence-electron chi connectivity index (χ4n) is 2.37. The molecule has 96 valence electrons. The number of hydrogen-bond acceptors (Lipinski definition) is 5. The Balaban J connectivity index is 1.91. The monoisotopic (exact) mass is 239 g/mol. The van der Waals surface area contributed by atoms with Crippen LogP contribution in [0.3, 0.4) is 0 Å². The maximum absolute atomic E-state index is 9.33. The van der Waals surface area contributed by atoms with E-state index in [-0.39, 0.29) is 0 Å². The van der Waals surface area contributed by atoms with Crippen molar-refractivity contribution in [3.63, 3.8) is 0 Å². The highest BCUT2D eigenvalue weighted by molar-refractivity contribution is 4.91. The summed E-state index contributed by atoms with van der Waals surface area (Å²) in [6.07, 6.45) is 2.65. The minimum absolute atomic E-state index is 0.392. The van der Waals surface area contributed by atoms with Gasteiger partial charge in [0, 0.05) is 13.0 Å². The highest BCUT2D eigenvalue weighted by Crippen LogP contribution is 2.20. The average molecular weight is 239 g/mol. The zero-order valence-electron chi connectivity index (χ0n) is 10.6. The normalized spacial score (nSPS) is 23.8. The third-order valence-electron chi connectivity index (χ3n) is 3.37. The SMILES string of the molecule is CCN1CCCC(Cc2nc(C(C)O)no2)C1. The highest BCUT2D eigenvalue weighted by atomic mass is 16.5. The van der Waals surface area contributed by atoms with Gasteiger partial charge in [-0.3, -0.25) is 0 Å². The first kappa shape index (κ1) is 12.5. The number of rotatable bonds is 4. The number of nitrogens with zero attached hydrogens (tertiary/aromatic N) is 3. The van der Waals surface area contributed by atoms with Crippen LogP contribution in [0.4, 0.5) is 0 Å². The molecule has 1 aliphatic rings. The molecule has 2 atom stereocenters. The Morgan fingerprint density at radius 1 is 1.59 bits per heavy atom. The number of hydrogen-bond donors (Lipinski definition) is 1. The van der Waals surface area contributed by atoms with Crippen molar-refractivity contribution in [3.8, 4) is 0 Å². The molecule has 1 aliphatic heterocycles. The summed E-state index contributed by atoms with van der Waals surface area (Å²) in [5, 5.41) is 13.1. The zero-order valence-corrected chi connectivity index (χ0v) is 10.6. The van der Waals surface area contributed by atoms with E-state index in [2.05, 4.69) is 22.0 Å². The molecule has 2 unspecified atom stereocenters. The lowest BCUT2D eigenvalue weighted by Gasteiger charge is -2.30. The zero-order chi connectivity index (χ0) is 12.3. The Morgan fingerprint density at radius 3 is 3.06 bits per heavy atom. The summed E-state index contributed by atoms with van der Waals surface area (Å²) in [5.41, 5.74) is 0. The van der Waals surface area contributed by atoms with E-state index in [1.165, 1.54) is 19.4 Å². The largest absolute Gasteiger partial charge is 0.385 e. The third-order valence-corrected chi connectivity index (χ3v) is 3.37. The Kier molecular flexibility index (Phi) is 4.12. The Hall–Kier alpha value is -0.940. The molecule has 1 N–H and O–H groups in total. The van der Waals surface area contributed by atoms with Crippen LogP contribution in [-0.4, -0.2) is 39.8 Å². The van der Waals surface area contributed by atoms with E-state index in [0.29, 0.717) is 17.6 Å². The summed E-state index contributed by atoms with van der Waals surface area (Å²) in [7, 11) is 0. The molecule has 5 heteroatoms. The molecule has 0 aliphatic carbocycles. The lowest BCUT2D eigenvalue weighted by molar-refractivity contribution is 0.173. The molecule has 0 bridgehead atoms. The fourth-order valence-corrected chi connectivity index (χ4v) is 2.37. The van der Waals surface area contributed by atoms with Crippen molar-refractivity contribution in [2.45, 2.75) is 39.2 Å². The first-order valence-electron chi connectivity index (χ1n) is 6.42. The van der Waals surface area contributed by atoms with E-state index in [1.807, 2.05) is 0 Å². The van der Waals surface area contributed by atoms with E-state index in [0.717, 1.165) is 19.5 Å². The number of aromatic nitrogens is 2. The summed E-state index contributed by atoms with van der Waals surface area (Å²) in [6, 6.07) is 0. The van der Waals surface area contributed by atoms with Gasteiger partial charge in [-0.05, 0) is 38.8 Å². The smallest absolute Gasteiger partial charge is 0.227 e. The second-order valence-electron chi connectivity index (χ2n) is 4.83. The van der Waals surface area contributed by atoms with Gasteiger partial charge in [0.25, 0.3) is 0 Å². The predicted molar refractivity (Wildman–Crippen MR) is 63.5 cm³/mol. The van der Waals surface area contributed by atoms with E-state index < -0.39 is 6.10 Å². The molecule has 0 aromatic carbocycles. The van der Waals surface area contributed by atoms with Gasteiger partial charge in [0.15, 0.2) is 5.82 Å². The maximum atomic E-state index is 9.33. The minimum Gasteiger partial charge on any atom is -0.385 e. The van der Waals surface area contributed by atoms with Crippen LogP contribution >= 0.6 is 0 Å². The van der Waals surface area contributed by atoms with E-state index in [9.17, 15) is 5.11 Å². The standard InChI is InChI=1S/C12H21N3O2/c1-3-15-6-4-5-10(8-15)7-11-13-12(9(2)16)14-17-11/h9-10,16H,3-8H2,1-2H3. The second kappa shape index (κ2) is 5.60. The topological polar surface area (TPSA) is 62.4 Å². The Bertz CT molecular complexity index is 351. The molecular weight excluding hydrogens is 218 g/mol. The fraction of sp³-hybridized carbons (Fsp3) is 0.833. The Labute approximate surface area is 102 Å². The molecule has 1 saturated heterocycles.